The molecule has 1 heterocycles. The van der Waals surface area contributed by atoms with E-state index < -0.39 is 12.0 Å². The van der Waals surface area contributed by atoms with Crippen LogP contribution in [0.5, 0.6) is 0 Å². The zero-order valence-electron chi connectivity index (χ0n) is 13.7. The largest absolute Gasteiger partial charge is 0.480 e. The van der Waals surface area contributed by atoms with Crippen LogP contribution in [0.3, 0.4) is 0 Å². The third kappa shape index (κ3) is 3.80. The van der Waals surface area contributed by atoms with Crippen LogP contribution in [0, 0.1) is 6.92 Å². The first-order chi connectivity index (χ1) is 11.9. The van der Waals surface area contributed by atoms with Gasteiger partial charge in [-0.25, -0.2) is 4.98 Å². The molecule has 0 saturated heterocycles. The summed E-state index contributed by atoms with van der Waals surface area (Å²) in [6, 6.07) is 12.1. The van der Waals surface area contributed by atoms with Crippen LogP contribution in [0.1, 0.15) is 12.5 Å². The van der Waals surface area contributed by atoms with E-state index in [-0.39, 0.29) is 0 Å². The lowest BCUT2D eigenvalue weighted by molar-refractivity contribution is -0.137. The van der Waals surface area contributed by atoms with E-state index >= 15 is 0 Å². The van der Waals surface area contributed by atoms with E-state index in [1.165, 1.54) is 0 Å². The molecule has 25 heavy (non-hydrogen) atoms. The zero-order chi connectivity index (χ0) is 18.0. The van der Waals surface area contributed by atoms with Gasteiger partial charge in [-0.2, -0.15) is 4.98 Å². The zero-order valence-corrected chi connectivity index (χ0v) is 14.5. The minimum Gasteiger partial charge on any atom is -0.480 e. The molecule has 1 unspecified atom stereocenters. The normalized spacial score (nSPS) is 12.0. The van der Waals surface area contributed by atoms with Crippen molar-refractivity contribution in [3.8, 4) is 0 Å². The lowest BCUT2D eigenvalue weighted by atomic mass is 10.2. The summed E-state index contributed by atoms with van der Waals surface area (Å²) >= 11 is 5.99. The van der Waals surface area contributed by atoms with Gasteiger partial charge in [-0.05, 0) is 49.7 Å². The van der Waals surface area contributed by atoms with Crippen molar-refractivity contribution in [2.24, 2.45) is 0 Å². The Morgan fingerprint density at radius 1 is 1.20 bits per heavy atom. The average Bonchev–Trinajstić information content (AvgIpc) is 2.57. The molecule has 0 saturated carbocycles. The van der Waals surface area contributed by atoms with E-state index in [4.69, 9.17) is 16.7 Å². The van der Waals surface area contributed by atoms with Gasteiger partial charge in [0.1, 0.15) is 11.9 Å². The molecule has 128 valence electrons. The summed E-state index contributed by atoms with van der Waals surface area (Å²) in [4.78, 5) is 20.1. The monoisotopic (exact) mass is 356 g/mol. The minimum atomic E-state index is -0.953. The fourth-order valence-corrected chi connectivity index (χ4v) is 2.62. The van der Waals surface area contributed by atoms with Crippen LogP contribution in [0.15, 0.2) is 42.5 Å². The molecular formula is C18H17ClN4O2. The molecule has 0 aliphatic carbocycles. The number of fused-ring (bicyclic) bond motifs is 1. The molecule has 3 aromatic rings. The SMILES string of the molecule is Cc1cc(Cl)ccc1Nc1nc(NC(C)C(=O)O)c2ccccc2n1. The van der Waals surface area contributed by atoms with Crippen LogP contribution in [0.4, 0.5) is 17.5 Å². The highest BCUT2D eigenvalue weighted by atomic mass is 35.5. The molecule has 0 radical (unpaired) electrons. The van der Waals surface area contributed by atoms with Crippen LogP contribution in [0.2, 0.25) is 5.02 Å². The number of para-hydroxylation sites is 1. The molecule has 0 aliphatic rings. The van der Waals surface area contributed by atoms with E-state index in [0.717, 1.165) is 16.6 Å². The van der Waals surface area contributed by atoms with Gasteiger partial charge in [-0.1, -0.05) is 23.7 Å². The molecule has 7 heteroatoms. The van der Waals surface area contributed by atoms with Crippen molar-refractivity contribution in [2.45, 2.75) is 19.9 Å². The van der Waals surface area contributed by atoms with E-state index in [1.807, 2.05) is 43.3 Å². The number of halogens is 1. The van der Waals surface area contributed by atoms with Crippen molar-refractivity contribution >= 4 is 45.9 Å². The number of aliphatic carboxylic acids is 1. The molecular weight excluding hydrogens is 340 g/mol. The van der Waals surface area contributed by atoms with Crippen molar-refractivity contribution in [3.63, 3.8) is 0 Å². The lowest BCUT2D eigenvalue weighted by Gasteiger charge is -2.15. The molecule has 3 N–H and O–H groups in total. The summed E-state index contributed by atoms with van der Waals surface area (Å²) in [6.45, 7) is 3.50. The van der Waals surface area contributed by atoms with Gasteiger partial charge in [0.05, 0.1) is 5.52 Å². The second-order valence-corrected chi connectivity index (χ2v) is 6.14. The number of hydrogen-bond acceptors (Lipinski definition) is 5. The summed E-state index contributed by atoms with van der Waals surface area (Å²) in [5.74, 6) is -0.107. The maximum Gasteiger partial charge on any atom is 0.325 e. The molecule has 6 nitrogen and oxygen atoms in total. The molecule has 1 aromatic heterocycles. The summed E-state index contributed by atoms with van der Waals surface area (Å²) in [7, 11) is 0. The fraction of sp³-hybridized carbons (Fsp3) is 0.167. The van der Waals surface area contributed by atoms with Gasteiger partial charge < -0.3 is 15.7 Å². The van der Waals surface area contributed by atoms with Gasteiger partial charge >= 0.3 is 5.97 Å². The van der Waals surface area contributed by atoms with Gasteiger partial charge in [0.15, 0.2) is 0 Å². The van der Waals surface area contributed by atoms with Gasteiger partial charge in [0.25, 0.3) is 0 Å². The predicted octanol–water partition coefficient (Wildman–Crippen LogP) is 4.22. The summed E-state index contributed by atoms with van der Waals surface area (Å²) in [6.07, 6.45) is 0. The second kappa shape index (κ2) is 6.94. The molecule has 3 rings (SSSR count). The Morgan fingerprint density at radius 3 is 2.68 bits per heavy atom. The van der Waals surface area contributed by atoms with E-state index in [9.17, 15) is 4.79 Å². The number of aryl methyl sites for hydroxylation is 1. The van der Waals surface area contributed by atoms with Gasteiger partial charge in [-0.3, -0.25) is 4.79 Å². The van der Waals surface area contributed by atoms with Gasteiger partial charge in [-0.15, -0.1) is 0 Å². The summed E-state index contributed by atoms with van der Waals surface area (Å²) < 4.78 is 0. The smallest absolute Gasteiger partial charge is 0.325 e. The van der Waals surface area contributed by atoms with Crippen molar-refractivity contribution in [1.29, 1.82) is 0 Å². The topological polar surface area (TPSA) is 87.1 Å². The molecule has 0 bridgehead atoms. The number of nitrogens with one attached hydrogen (secondary N) is 2. The predicted molar refractivity (Wildman–Crippen MR) is 99.7 cm³/mol. The first kappa shape index (κ1) is 17.0. The second-order valence-electron chi connectivity index (χ2n) is 5.70. The highest BCUT2D eigenvalue weighted by molar-refractivity contribution is 6.30. The average molecular weight is 357 g/mol. The number of carboxylic acids is 1. The van der Waals surface area contributed by atoms with Crippen LogP contribution >= 0.6 is 11.6 Å². The number of carbonyl (C=O) groups is 1. The fourth-order valence-electron chi connectivity index (χ4n) is 2.40. The molecule has 1 atom stereocenters. The maximum absolute atomic E-state index is 11.2. The number of aromatic nitrogens is 2. The summed E-state index contributed by atoms with van der Waals surface area (Å²) in [5.41, 5.74) is 2.50. The number of nitrogens with zero attached hydrogens (tertiary/aromatic N) is 2. The Balaban J connectivity index is 2.02. The number of benzene rings is 2. The number of carboxylic acid groups (broad SMARTS) is 1. The van der Waals surface area contributed by atoms with E-state index in [0.29, 0.717) is 22.3 Å². The van der Waals surface area contributed by atoms with Crippen molar-refractivity contribution in [3.05, 3.63) is 53.1 Å². The maximum atomic E-state index is 11.2. The number of anilines is 3. The standard InChI is InChI=1S/C18H17ClN4O2/c1-10-9-12(19)7-8-14(10)21-18-22-15-6-4-3-5-13(15)16(23-18)20-11(2)17(24)25/h3-9,11H,1-2H3,(H,24,25)(H2,20,21,22,23). The number of rotatable bonds is 5. The van der Waals surface area contributed by atoms with Crippen LogP contribution in [-0.2, 0) is 4.79 Å². The third-order valence-corrected chi connectivity index (χ3v) is 4.00. The molecule has 2 aromatic carbocycles. The van der Waals surface area contributed by atoms with Crippen molar-refractivity contribution in [1.82, 2.24) is 9.97 Å². The van der Waals surface area contributed by atoms with Crippen molar-refractivity contribution in [2.75, 3.05) is 10.6 Å². The Hall–Kier alpha value is -2.86. The third-order valence-electron chi connectivity index (χ3n) is 3.76. The Bertz CT molecular complexity index is 946. The van der Waals surface area contributed by atoms with Gasteiger partial charge in [0, 0.05) is 16.1 Å². The molecule has 0 fully saturated rings. The van der Waals surface area contributed by atoms with E-state index in [1.54, 1.807) is 13.0 Å². The highest BCUT2D eigenvalue weighted by Crippen LogP contribution is 2.26. The van der Waals surface area contributed by atoms with E-state index in [2.05, 4.69) is 20.6 Å². The van der Waals surface area contributed by atoms with Crippen LogP contribution < -0.4 is 10.6 Å². The lowest BCUT2D eigenvalue weighted by Crippen LogP contribution is -2.26. The Morgan fingerprint density at radius 2 is 1.96 bits per heavy atom. The molecule has 0 aliphatic heterocycles. The minimum absolute atomic E-state index is 0.379. The highest BCUT2D eigenvalue weighted by Gasteiger charge is 2.15. The number of hydrogen-bond donors (Lipinski definition) is 3. The van der Waals surface area contributed by atoms with Crippen LogP contribution in [-0.4, -0.2) is 27.1 Å². The first-order valence-corrected chi connectivity index (χ1v) is 8.11. The quantitative estimate of drug-likeness (QED) is 0.634. The summed E-state index contributed by atoms with van der Waals surface area (Å²) in [5, 5.41) is 16.6. The molecule has 0 spiro atoms. The molecule has 0 amide bonds. The first-order valence-electron chi connectivity index (χ1n) is 7.73. The van der Waals surface area contributed by atoms with Gasteiger partial charge in [0.2, 0.25) is 5.95 Å². The van der Waals surface area contributed by atoms with Crippen molar-refractivity contribution < 1.29 is 9.90 Å². The Kier molecular flexibility index (Phi) is 4.72. The van der Waals surface area contributed by atoms with Crippen LogP contribution in [0.25, 0.3) is 10.9 Å². The Labute approximate surface area is 149 Å².